The maximum absolute atomic E-state index is 10.9. The summed E-state index contributed by atoms with van der Waals surface area (Å²) in [6, 6.07) is 3.39. The lowest BCUT2D eigenvalue weighted by molar-refractivity contribution is -0.107. The molecule has 0 N–H and O–H groups in total. The van der Waals surface area contributed by atoms with Gasteiger partial charge in [-0.2, -0.15) is 0 Å². The molecule has 0 saturated carbocycles. The van der Waals surface area contributed by atoms with E-state index in [4.69, 9.17) is 23.2 Å². The summed E-state index contributed by atoms with van der Waals surface area (Å²) < 4.78 is 0. The first-order valence-electron chi connectivity index (χ1n) is 3.39. The third-order valence-electron chi connectivity index (χ3n) is 1.72. The molecular weight excluding hydrogens is 195 g/mol. The minimum atomic E-state index is -0.0108. The Morgan fingerprint density at radius 3 is 1.75 bits per heavy atom. The van der Waals surface area contributed by atoms with Gasteiger partial charge in [0.05, 0.1) is 10.0 Å². The van der Waals surface area contributed by atoms with Crippen LogP contribution in [0, 0.1) is 0 Å². The van der Waals surface area contributed by atoms with E-state index in [0.717, 1.165) is 10.4 Å². The highest BCUT2D eigenvalue weighted by Gasteiger charge is 2.04. The van der Waals surface area contributed by atoms with Gasteiger partial charge in [-0.05, 0) is 34.7 Å². The molecule has 0 radical (unpaired) electrons. The Bertz CT molecular complexity index is 431. The first-order valence-corrected chi connectivity index (χ1v) is 4.15. The number of fused-ring (bicyclic) bond motifs is 1. The Kier molecular flexibility index (Phi) is 1.71. The Morgan fingerprint density at radius 2 is 1.33 bits per heavy atom. The molecule has 1 nitrogen and oxygen atoms in total. The van der Waals surface area contributed by atoms with Gasteiger partial charge < -0.3 is 0 Å². The first-order chi connectivity index (χ1) is 5.66. The molecule has 0 spiro atoms. The topological polar surface area (TPSA) is 17.1 Å². The van der Waals surface area contributed by atoms with Crippen LogP contribution < -0.4 is 10.4 Å². The van der Waals surface area contributed by atoms with E-state index in [2.05, 4.69) is 0 Å². The van der Waals surface area contributed by atoms with Gasteiger partial charge in [-0.25, -0.2) is 0 Å². The van der Waals surface area contributed by atoms with E-state index in [-0.39, 0.29) is 5.78 Å². The Hall–Kier alpha value is -0.790. The van der Waals surface area contributed by atoms with Gasteiger partial charge in [0.25, 0.3) is 0 Å². The average molecular weight is 199 g/mol. The van der Waals surface area contributed by atoms with Gasteiger partial charge in [0, 0.05) is 0 Å². The van der Waals surface area contributed by atoms with Crippen molar-refractivity contribution < 1.29 is 4.79 Å². The molecule has 3 heteroatoms. The Morgan fingerprint density at radius 1 is 0.917 bits per heavy atom. The van der Waals surface area contributed by atoms with Crippen molar-refractivity contribution in [1.82, 2.24) is 0 Å². The molecular formula is C9H4Cl2O. The number of carbonyl (C=O) groups excluding carboxylic acids is 1. The molecule has 0 aliphatic heterocycles. The van der Waals surface area contributed by atoms with Crippen LogP contribution >= 0.6 is 23.2 Å². The molecule has 0 heterocycles. The van der Waals surface area contributed by atoms with Gasteiger partial charge >= 0.3 is 0 Å². The fraction of sp³-hybridized carbons (Fsp3) is 0. The number of rotatable bonds is 0. The molecule has 1 aliphatic rings. The molecule has 1 aromatic carbocycles. The fourth-order valence-corrected chi connectivity index (χ4v) is 1.52. The van der Waals surface area contributed by atoms with E-state index in [0.29, 0.717) is 10.0 Å². The summed E-state index contributed by atoms with van der Waals surface area (Å²) >= 11 is 11.5. The summed E-state index contributed by atoms with van der Waals surface area (Å²) in [6.07, 6.45) is 3.08. The largest absolute Gasteiger partial charge is 0.290 e. The van der Waals surface area contributed by atoms with Crippen LogP contribution in [0.4, 0.5) is 0 Å². The van der Waals surface area contributed by atoms with E-state index in [1.54, 1.807) is 12.1 Å². The van der Waals surface area contributed by atoms with Crippen LogP contribution in [0.3, 0.4) is 0 Å². The van der Waals surface area contributed by atoms with Crippen LogP contribution in [0.15, 0.2) is 12.1 Å². The van der Waals surface area contributed by atoms with Crippen molar-refractivity contribution in [1.29, 1.82) is 0 Å². The van der Waals surface area contributed by atoms with Crippen LogP contribution in [0.1, 0.15) is 0 Å². The predicted octanol–water partition coefficient (Wildman–Crippen LogP) is 1.14. The molecule has 0 atom stereocenters. The number of carbonyl (C=O) groups is 1. The lowest BCUT2D eigenvalue weighted by Gasteiger charge is -1.92. The third kappa shape index (κ3) is 1.15. The van der Waals surface area contributed by atoms with Crippen LogP contribution in [0.5, 0.6) is 0 Å². The van der Waals surface area contributed by atoms with Crippen LogP contribution in [-0.2, 0) is 4.79 Å². The third-order valence-corrected chi connectivity index (χ3v) is 2.44. The lowest BCUT2D eigenvalue weighted by Crippen LogP contribution is -2.20. The summed E-state index contributed by atoms with van der Waals surface area (Å²) in [4.78, 5) is 10.9. The van der Waals surface area contributed by atoms with Crippen LogP contribution in [0.25, 0.3) is 12.2 Å². The second-order valence-corrected chi connectivity index (χ2v) is 3.40. The van der Waals surface area contributed by atoms with E-state index in [9.17, 15) is 4.79 Å². The van der Waals surface area contributed by atoms with Crippen molar-refractivity contribution in [3.8, 4) is 0 Å². The van der Waals surface area contributed by atoms with Gasteiger partial charge in [0.15, 0.2) is 5.78 Å². The van der Waals surface area contributed by atoms with Crippen molar-refractivity contribution in [3.63, 3.8) is 0 Å². The van der Waals surface area contributed by atoms with Crippen molar-refractivity contribution >= 4 is 41.1 Å². The maximum Gasteiger partial charge on any atom is 0.179 e. The molecule has 0 unspecified atom stereocenters. The molecule has 0 amide bonds. The Labute approximate surface area is 78.9 Å². The standard InChI is InChI=1S/C9H4Cl2O/c10-8-3-5-1-7(12)2-6(5)4-9(8)11/h1-4H. The highest BCUT2D eigenvalue weighted by molar-refractivity contribution is 6.42. The lowest BCUT2D eigenvalue weighted by atomic mass is 10.3. The average Bonchev–Trinajstić information content (AvgIpc) is 2.30. The number of hydrogen-bond acceptors (Lipinski definition) is 1. The predicted molar refractivity (Wildman–Crippen MR) is 49.6 cm³/mol. The number of halogens is 2. The summed E-state index contributed by atoms with van der Waals surface area (Å²) in [5.41, 5.74) is 0. The van der Waals surface area contributed by atoms with Crippen molar-refractivity contribution in [3.05, 3.63) is 32.6 Å². The van der Waals surface area contributed by atoms with Crippen LogP contribution in [0.2, 0.25) is 10.0 Å². The van der Waals surface area contributed by atoms with Crippen molar-refractivity contribution in [2.24, 2.45) is 0 Å². The molecule has 0 bridgehead atoms. The summed E-state index contributed by atoms with van der Waals surface area (Å²) in [6.45, 7) is 0. The summed E-state index contributed by atoms with van der Waals surface area (Å²) in [5.74, 6) is -0.0108. The van der Waals surface area contributed by atoms with Crippen LogP contribution in [-0.4, -0.2) is 5.78 Å². The van der Waals surface area contributed by atoms with E-state index in [1.807, 2.05) is 0 Å². The van der Waals surface area contributed by atoms with E-state index in [1.165, 1.54) is 12.2 Å². The van der Waals surface area contributed by atoms with Gasteiger partial charge in [-0.1, -0.05) is 23.2 Å². The quantitative estimate of drug-likeness (QED) is 0.612. The zero-order chi connectivity index (χ0) is 8.72. The molecule has 60 valence electrons. The number of ketones is 1. The second kappa shape index (κ2) is 2.61. The zero-order valence-electron chi connectivity index (χ0n) is 5.97. The molecule has 12 heavy (non-hydrogen) atoms. The van der Waals surface area contributed by atoms with Crippen molar-refractivity contribution in [2.45, 2.75) is 0 Å². The van der Waals surface area contributed by atoms with Crippen molar-refractivity contribution in [2.75, 3.05) is 0 Å². The molecule has 1 aliphatic carbocycles. The normalized spacial score (nSPS) is 13.7. The number of benzene rings is 1. The highest BCUT2D eigenvalue weighted by Crippen LogP contribution is 2.16. The molecule has 1 aromatic rings. The highest BCUT2D eigenvalue weighted by atomic mass is 35.5. The van der Waals surface area contributed by atoms with E-state index < -0.39 is 0 Å². The van der Waals surface area contributed by atoms with E-state index >= 15 is 0 Å². The second-order valence-electron chi connectivity index (χ2n) is 2.59. The summed E-state index contributed by atoms with van der Waals surface area (Å²) in [7, 11) is 0. The molecule has 2 rings (SSSR count). The molecule has 0 aromatic heterocycles. The maximum atomic E-state index is 10.9. The minimum absolute atomic E-state index is 0.0108. The number of hydrogen-bond donors (Lipinski definition) is 0. The monoisotopic (exact) mass is 198 g/mol. The smallest absolute Gasteiger partial charge is 0.179 e. The van der Waals surface area contributed by atoms with Gasteiger partial charge in [0.1, 0.15) is 0 Å². The van der Waals surface area contributed by atoms with Gasteiger partial charge in [-0.3, -0.25) is 4.79 Å². The first kappa shape index (κ1) is 7.84. The molecule has 0 saturated heterocycles. The zero-order valence-corrected chi connectivity index (χ0v) is 7.49. The molecule has 0 fully saturated rings. The minimum Gasteiger partial charge on any atom is -0.290 e. The van der Waals surface area contributed by atoms with Gasteiger partial charge in [-0.15, -0.1) is 0 Å². The van der Waals surface area contributed by atoms with Gasteiger partial charge in [0.2, 0.25) is 0 Å². The number of Topliss-reactive ketones (excluding diaryl/α,β-unsaturated/α-hetero) is 1. The Balaban J connectivity index is 2.89. The summed E-state index contributed by atoms with van der Waals surface area (Å²) in [5, 5.41) is 2.65. The SMILES string of the molecule is O=C1C=c2cc(Cl)c(Cl)cc2=C1. The fourth-order valence-electron chi connectivity index (χ4n) is 1.18.